The summed E-state index contributed by atoms with van der Waals surface area (Å²) in [6.45, 7) is 7.20. The molecule has 1 atom stereocenters. The van der Waals surface area contributed by atoms with E-state index in [1.165, 1.54) is 45.2 Å². The lowest BCUT2D eigenvalue weighted by atomic mass is 9.79. The normalized spacial score (nSPS) is 36.2. The van der Waals surface area contributed by atoms with Gasteiger partial charge in [-0.05, 0) is 57.5 Å². The first-order valence-electron chi connectivity index (χ1n) is 7.11. The average Bonchev–Trinajstić information content (AvgIpc) is 2.81. The van der Waals surface area contributed by atoms with E-state index in [0.29, 0.717) is 0 Å². The molecule has 0 bridgehead atoms. The van der Waals surface area contributed by atoms with E-state index in [0.717, 1.165) is 23.9 Å². The van der Waals surface area contributed by atoms with E-state index >= 15 is 0 Å². The highest BCUT2D eigenvalue weighted by molar-refractivity contribution is 4.86. The minimum absolute atomic E-state index is 0.806. The Bertz CT molecular complexity index is 201. The molecule has 1 saturated carbocycles. The molecule has 1 aliphatic carbocycles. The highest BCUT2D eigenvalue weighted by Crippen LogP contribution is 2.32. The fraction of sp³-hybridized carbons (Fsp3) is 1.00. The molecule has 1 saturated heterocycles. The first-order chi connectivity index (χ1) is 7.68. The number of nitrogens with one attached hydrogen (secondary N) is 1. The van der Waals surface area contributed by atoms with Crippen molar-refractivity contribution in [2.24, 2.45) is 11.8 Å². The lowest BCUT2D eigenvalue weighted by molar-refractivity contribution is 0.116. The van der Waals surface area contributed by atoms with E-state index in [2.05, 4.69) is 31.1 Å². The van der Waals surface area contributed by atoms with Crippen molar-refractivity contribution in [1.29, 1.82) is 0 Å². The van der Waals surface area contributed by atoms with Crippen LogP contribution in [0.1, 0.15) is 46.0 Å². The molecule has 1 N–H and O–H groups in total. The van der Waals surface area contributed by atoms with Gasteiger partial charge in [0, 0.05) is 18.6 Å². The predicted molar refractivity (Wildman–Crippen MR) is 69.6 cm³/mol. The molecule has 0 radical (unpaired) electrons. The number of hydrogen-bond donors (Lipinski definition) is 1. The van der Waals surface area contributed by atoms with Crippen LogP contribution in [0.4, 0.5) is 0 Å². The van der Waals surface area contributed by atoms with Gasteiger partial charge in [0.2, 0.25) is 0 Å². The molecule has 2 nitrogen and oxygen atoms in total. The molecule has 0 amide bonds. The van der Waals surface area contributed by atoms with Crippen molar-refractivity contribution in [3.05, 3.63) is 0 Å². The van der Waals surface area contributed by atoms with Gasteiger partial charge in [0.05, 0.1) is 0 Å². The summed E-state index contributed by atoms with van der Waals surface area (Å²) in [5, 5.41) is 3.48. The van der Waals surface area contributed by atoms with Crippen molar-refractivity contribution in [2.75, 3.05) is 20.1 Å². The van der Waals surface area contributed by atoms with E-state index in [9.17, 15) is 0 Å². The van der Waals surface area contributed by atoms with E-state index in [1.54, 1.807) is 0 Å². The molecule has 1 heterocycles. The fourth-order valence-corrected chi connectivity index (χ4v) is 3.46. The first kappa shape index (κ1) is 12.4. The van der Waals surface area contributed by atoms with Gasteiger partial charge in [-0.2, -0.15) is 0 Å². The van der Waals surface area contributed by atoms with Crippen LogP contribution in [0.2, 0.25) is 0 Å². The van der Waals surface area contributed by atoms with Crippen molar-refractivity contribution < 1.29 is 0 Å². The maximum Gasteiger partial charge on any atom is 0.0232 e. The van der Waals surface area contributed by atoms with Gasteiger partial charge < -0.3 is 5.32 Å². The van der Waals surface area contributed by atoms with Crippen molar-refractivity contribution in [3.8, 4) is 0 Å². The summed E-state index contributed by atoms with van der Waals surface area (Å²) in [5.41, 5.74) is 0. The van der Waals surface area contributed by atoms with Gasteiger partial charge in [-0.25, -0.2) is 0 Å². The van der Waals surface area contributed by atoms with Crippen LogP contribution in [0, 0.1) is 11.8 Å². The Balaban J connectivity index is 1.79. The van der Waals surface area contributed by atoms with Gasteiger partial charge in [-0.3, -0.25) is 4.90 Å². The van der Waals surface area contributed by atoms with E-state index in [1.807, 2.05) is 0 Å². The van der Waals surface area contributed by atoms with Crippen molar-refractivity contribution in [2.45, 2.75) is 58.0 Å². The Morgan fingerprint density at radius 3 is 2.19 bits per heavy atom. The SMILES string of the molecule is CC(C)C1CCC(N(C)C2CCNC2)CC1. The molecular formula is C14H28N2. The second-order valence-electron chi connectivity index (χ2n) is 6.12. The highest BCUT2D eigenvalue weighted by Gasteiger charge is 2.29. The maximum atomic E-state index is 3.48. The monoisotopic (exact) mass is 224 g/mol. The first-order valence-corrected chi connectivity index (χ1v) is 7.11. The summed E-state index contributed by atoms with van der Waals surface area (Å²) < 4.78 is 0. The topological polar surface area (TPSA) is 15.3 Å². The molecular weight excluding hydrogens is 196 g/mol. The van der Waals surface area contributed by atoms with Crippen LogP contribution < -0.4 is 5.32 Å². The van der Waals surface area contributed by atoms with Crippen LogP contribution in [0.3, 0.4) is 0 Å². The highest BCUT2D eigenvalue weighted by atomic mass is 15.2. The van der Waals surface area contributed by atoms with Crippen molar-refractivity contribution in [1.82, 2.24) is 10.2 Å². The van der Waals surface area contributed by atoms with Crippen LogP contribution in [0.5, 0.6) is 0 Å². The van der Waals surface area contributed by atoms with Crippen molar-refractivity contribution in [3.63, 3.8) is 0 Å². The molecule has 0 spiro atoms. The summed E-state index contributed by atoms with van der Waals surface area (Å²) in [6.07, 6.45) is 7.10. The largest absolute Gasteiger partial charge is 0.315 e. The van der Waals surface area contributed by atoms with Gasteiger partial charge in [0.25, 0.3) is 0 Å². The summed E-state index contributed by atoms with van der Waals surface area (Å²) in [6, 6.07) is 1.67. The fourth-order valence-electron chi connectivity index (χ4n) is 3.46. The molecule has 16 heavy (non-hydrogen) atoms. The molecule has 0 aromatic carbocycles. The molecule has 1 unspecified atom stereocenters. The molecule has 0 aromatic heterocycles. The minimum atomic E-state index is 0.806. The Morgan fingerprint density at radius 1 is 1.00 bits per heavy atom. The van der Waals surface area contributed by atoms with Crippen LogP contribution in [0.25, 0.3) is 0 Å². The second-order valence-corrected chi connectivity index (χ2v) is 6.12. The second kappa shape index (κ2) is 5.50. The van der Waals surface area contributed by atoms with E-state index in [-0.39, 0.29) is 0 Å². The van der Waals surface area contributed by atoms with Gasteiger partial charge in [0.15, 0.2) is 0 Å². The third-order valence-electron chi connectivity index (χ3n) is 4.87. The molecule has 94 valence electrons. The van der Waals surface area contributed by atoms with Gasteiger partial charge in [0.1, 0.15) is 0 Å². The third-order valence-corrected chi connectivity index (χ3v) is 4.87. The zero-order valence-corrected chi connectivity index (χ0v) is 11.2. The van der Waals surface area contributed by atoms with Crippen LogP contribution in [0.15, 0.2) is 0 Å². The summed E-state index contributed by atoms with van der Waals surface area (Å²) >= 11 is 0. The minimum Gasteiger partial charge on any atom is -0.315 e. The lowest BCUT2D eigenvalue weighted by Crippen LogP contribution is -2.43. The Labute approximate surface area is 101 Å². The molecule has 2 rings (SSSR count). The summed E-state index contributed by atoms with van der Waals surface area (Å²) in [4.78, 5) is 2.66. The van der Waals surface area contributed by atoms with Crippen LogP contribution in [-0.2, 0) is 0 Å². The van der Waals surface area contributed by atoms with Gasteiger partial charge >= 0.3 is 0 Å². The molecule has 0 aromatic rings. The van der Waals surface area contributed by atoms with Crippen molar-refractivity contribution >= 4 is 0 Å². The number of rotatable bonds is 3. The molecule has 2 aliphatic rings. The molecule has 1 aliphatic heterocycles. The average molecular weight is 224 g/mol. The standard InChI is InChI=1S/C14H28N2/c1-11(2)12-4-6-13(7-5-12)16(3)14-8-9-15-10-14/h11-15H,4-10H2,1-3H3. The quantitative estimate of drug-likeness (QED) is 0.792. The number of nitrogens with zero attached hydrogens (tertiary/aromatic N) is 1. The number of likely N-dealkylation sites (N-methyl/N-ethyl adjacent to an activating group) is 1. The Kier molecular flexibility index (Phi) is 4.26. The lowest BCUT2D eigenvalue weighted by Gasteiger charge is -2.38. The van der Waals surface area contributed by atoms with Crippen LogP contribution >= 0.6 is 0 Å². The predicted octanol–water partition coefficient (Wildman–Crippen LogP) is 2.49. The van der Waals surface area contributed by atoms with Gasteiger partial charge in [-0.1, -0.05) is 13.8 Å². The summed E-state index contributed by atoms with van der Waals surface area (Å²) in [5.74, 6) is 1.88. The maximum absolute atomic E-state index is 3.48. The Hall–Kier alpha value is -0.0800. The summed E-state index contributed by atoms with van der Waals surface area (Å²) in [7, 11) is 2.35. The zero-order chi connectivity index (χ0) is 11.5. The Morgan fingerprint density at radius 2 is 1.69 bits per heavy atom. The third kappa shape index (κ3) is 2.78. The van der Waals surface area contributed by atoms with Gasteiger partial charge in [-0.15, -0.1) is 0 Å². The van der Waals surface area contributed by atoms with E-state index < -0.39 is 0 Å². The van der Waals surface area contributed by atoms with Crippen LogP contribution in [-0.4, -0.2) is 37.1 Å². The zero-order valence-electron chi connectivity index (χ0n) is 11.2. The smallest absolute Gasteiger partial charge is 0.0232 e. The van der Waals surface area contributed by atoms with E-state index in [4.69, 9.17) is 0 Å². The molecule has 2 heteroatoms. The molecule has 2 fully saturated rings. The number of hydrogen-bond acceptors (Lipinski definition) is 2.